The molecule has 2 fully saturated rings. The fourth-order valence-corrected chi connectivity index (χ4v) is 5.26. The third-order valence-electron chi connectivity index (χ3n) is 6.60. The van der Waals surface area contributed by atoms with Gasteiger partial charge in [-0.05, 0) is 80.5 Å². The van der Waals surface area contributed by atoms with Gasteiger partial charge < -0.3 is 10.4 Å². The second-order valence-electron chi connectivity index (χ2n) is 9.27. The van der Waals surface area contributed by atoms with Gasteiger partial charge in [0.15, 0.2) is 0 Å². The number of halogens is 3. The molecule has 196 valence electrons. The van der Waals surface area contributed by atoms with Crippen molar-refractivity contribution in [3.8, 4) is 0 Å². The fourth-order valence-electron chi connectivity index (χ4n) is 4.12. The average molecular weight is 527 g/mol. The number of hydrogen-bond acceptors (Lipinski definition) is 4. The summed E-state index contributed by atoms with van der Waals surface area (Å²) >= 11 is 0. The third kappa shape index (κ3) is 6.57. The van der Waals surface area contributed by atoms with E-state index >= 15 is 0 Å². The predicted molar refractivity (Wildman–Crippen MR) is 128 cm³/mol. The Balaban J connectivity index is 0.000000454. The Bertz CT molecular complexity index is 1220. The Labute approximate surface area is 208 Å². The van der Waals surface area contributed by atoms with Gasteiger partial charge in [-0.1, -0.05) is 31.0 Å². The maximum Gasteiger partial charge on any atom is 0.490 e. The van der Waals surface area contributed by atoms with Crippen molar-refractivity contribution < 1.29 is 36.3 Å². The van der Waals surface area contributed by atoms with Crippen LogP contribution < -0.4 is 10.0 Å². The minimum atomic E-state index is -5.08. The van der Waals surface area contributed by atoms with Gasteiger partial charge in [-0.2, -0.15) is 13.2 Å². The van der Waals surface area contributed by atoms with Crippen molar-refractivity contribution in [1.29, 1.82) is 0 Å². The lowest BCUT2D eigenvalue weighted by Crippen LogP contribution is -2.40. The number of hydrogen-bond donors (Lipinski definition) is 3. The van der Waals surface area contributed by atoms with Crippen LogP contribution in [0, 0.1) is 13.8 Å². The van der Waals surface area contributed by atoms with Gasteiger partial charge in [0.1, 0.15) is 0 Å². The van der Waals surface area contributed by atoms with Crippen LogP contribution in [-0.2, 0) is 25.0 Å². The molecule has 2 aromatic carbocycles. The number of carboxylic acids is 1. The number of carbonyl (C=O) groups excluding carboxylic acids is 1. The molecule has 2 aromatic rings. The van der Waals surface area contributed by atoms with E-state index in [4.69, 9.17) is 9.90 Å². The summed E-state index contributed by atoms with van der Waals surface area (Å²) in [5, 5.41) is 10.3. The number of aryl methyl sites for hydroxylation is 2. The van der Waals surface area contributed by atoms with Gasteiger partial charge in [0.05, 0.1) is 10.3 Å². The first-order valence-corrected chi connectivity index (χ1v) is 13.0. The van der Waals surface area contributed by atoms with Gasteiger partial charge in [0.25, 0.3) is 10.0 Å². The first-order chi connectivity index (χ1) is 16.7. The lowest BCUT2D eigenvalue weighted by molar-refractivity contribution is -0.192. The number of nitrogens with one attached hydrogen (secondary N) is 2. The molecule has 0 atom stereocenters. The Kier molecular flexibility index (Phi) is 8.02. The fraction of sp³-hybridized carbons (Fsp3) is 0.440. The highest BCUT2D eigenvalue weighted by Gasteiger charge is 2.51. The van der Waals surface area contributed by atoms with Gasteiger partial charge in [-0.25, -0.2) is 13.2 Å². The zero-order valence-corrected chi connectivity index (χ0v) is 20.8. The van der Waals surface area contributed by atoms with Gasteiger partial charge in [0.2, 0.25) is 5.91 Å². The van der Waals surface area contributed by atoms with E-state index in [1.165, 1.54) is 12.8 Å². The van der Waals surface area contributed by atoms with E-state index in [1.807, 2.05) is 32.0 Å². The summed E-state index contributed by atoms with van der Waals surface area (Å²) < 4.78 is 59.7. The second kappa shape index (κ2) is 10.5. The van der Waals surface area contributed by atoms with Crippen LogP contribution in [0.3, 0.4) is 0 Å². The quantitative estimate of drug-likeness (QED) is 0.499. The Hall–Kier alpha value is -3.08. The molecule has 0 unspecified atom stereocenters. The highest BCUT2D eigenvalue weighted by atomic mass is 32.2. The molecular formula is C25H29F3N2O5S. The molecule has 2 aliphatic carbocycles. The molecule has 2 aliphatic rings. The zero-order valence-electron chi connectivity index (χ0n) is 20.0. The molecule has 4 rings (SSSR count). The normalized spacial score (nSPS) is 17.0. The van der Waals surface area contributed by atoms with E-state index in [2.05, 4.69) is 10.0 Å². The second-order valence-corrected chi connectivity index (χ2v) is 11.0. The van der Waals surface area contributed by atoms with Crippen LogP contribution >= 0.6 is 0 Å². The maximum atomic E-state index is 12.8. The molecule has 7 nitrogen and oxygen atoms in total. The van der Waals surface area contributed by atoms with Crippen molar-refractivity contribution in [1.82, 2.24) is 5.32 Å². The smallest absolute Gasteiger partial charge is 0.475 e. The van der Waals surface area contributed by atoms with Crippen LogP contribution in [0.5, 0.6) is 0 Å². The van der Waals surface area contributed by atoms with E-state index < -0.39 is 27.6 Å². The summed E-state index contributed by atoms with van der Waals surface area (Å²) in [5.74, 6) is -2.64. The summed E-state index contributed by atoms with van der Waals surface area (Å²) in [6.07, 6.45) is 1.13. The van der Waals surface area contributed by atoms with Gasteiger partial charge in [-0.3, -0.25) is 9.52 Å². The van der Waals surface area contributed by atoms with Crippen LogP contribution in [0.15, 0.2) is 47.4 Å². The van der Waals surface area contributed by atoms with Crippen LogP contribution in [0.25, 0.3) is 0 Å². The number of aliphatic carboxylic acids is 1. The molecule has 0 aromatic heterocycles. The average Bonchev–Trinajstić information content (AvgIpc) is 3.45. The summed E-state index contributed by atoms with van der Waals surface area (Å²) in [6, 6.07) is 12.7. The topological polar surface area (TPSA) is 113 Å². The lowest BCUT2D eigenvalue weighted by atomic mass is 9.94. The van der Waals surface area contributed by atoms with Gasteiger partial charge in [-0.15, -0.1) is 0 Å². The maximum absolute atomic E-state index is 12.8. The summed E-state index contributed by atoms with van der Waals surface area (Å²) in [5.41, 5.74) is 3.01. The number of alkyl halides is 3. The molecule has 0 heterocycles. The number of rotatable bonds is 6. The highest BCUT2D eigenvalue weighted by molar-refractivity contribution is 7.92. The molecule has 36 heavy (non-hydrogen) atoms. The molecule has 2 saturated carbocycles. The molecule has 0 saturated heterocycles. The Morgan fingerprint density at radius 2 is 1.53 bits per heavy atom. The molecule has 0 aliphatic heterocycles. The summed E-state index contributed by atoms with van der Waals surface area (Å²) in [4.78, 5) is 22.0. The summed E-state index contributed by atoms with van der Waals surface area (Å²) in [6.45, 7) is 3.85. The predicted octanol–water partition coefficient (Wildman–Crippen LogP) is 4.83. The van der Waals surface area contributed by atoms with Gasteiger partial charge in [0, 0.05) is 11.7 Å². The van der Waals surface area contributed by atoms with E-state index in [1.54, 1.807) is 24.3 Å². The number of carboxylic acid groups (broad SMARTS) is 1. The zero-order chi connectivity index (χ0) is 26.7. The molecule has 0 spiro atoms. The first-order valence-electron chi connectivity index (χ1n) is 11.6. The standard InChI is InChI=1S/C23H28N2O3S.C2HF3O2/c1-16-7-12-21(15-17(16)2)29(27,28)25-20-10-8-18(9-11-20)23(13-14-23)22(26)24-19-5-3-4-6-19;3-2(4,5)1(6)7/h7-12,15,19,25H,3-6,13-14H2,1-2H3,(H,24,26);(H,6,7). The summed E-state index contributed by atoms with van der Waals surface area (Å²) in [7, 11) is -3.65. The van der Waals surface area contributed by atoms with E-state index in [0.29, 0.717) is 11.7 Å². The van der Waals surface area contributed by atoms with E-state index in [9.17, 15) is 26.4 Å². The van der Waals surface area contributed by atoms with Crippen molar-refractivity contribution in [3.05, 3.63) is 59.2 Å². The number of amides is 1. The SMILES string of the molecule is Cc1ccc(S(=O)(=O)Nc2ccc(C3(C(=O)NC4CCCC4)CC3)cc2)cc1C.O=C(O)C(F)(F)F. The third-order valence-corrected chi connectivity index (χ3v) is 7.97. The van der Waals surface area contributed by atoms with Crippen molar-refractivity contribution in [2.75, 3.05) is 4.72 Å². The monoisotopic (exact) mass is 526 g/mol. The molecule has 3 N–H and O–H groups in total. The number of carbonyl (C=O) groups is 2. The molecule has 0 bridgehead atoms. The van der Waals surface area contributed by atoms with Crippen molar-refractivity contribution in [2.24, 2.45) is 0 Å². The molecule has 11 heteroatoms. The molecular weight excluding hydrogens is 497 g/mol. The highest BCUT2D eigenvalue weighted by Crippen LogP contribution is 2.49. The van der Waals surface area contributed by atoms with Crippen LogP contribution in [0.1, 0.15) is 55.2 Å². The van der Waals surface area contributed by atoms with Crippen LogP contribution in [0.4, 0.5) is 18.9 Å². The number of sulfonamides is 1. The number of benzene rings is 2. The van der Waals surface area contributed by atoms with Crippen molar-refractivity contribution in [2.45, 2.75) is 74.9 Å². The van der Waals surface area contributed by atoms with E-state index in [0.717, 1.165) is 42.4 Å². The first kappa shape index (κ1) is 27.5. The minimum absolute atomic E-state index is 0.118. The van der Waals surface area contributed by atoms with E-state index in [-0.39, 0.29) is 10.8 Å². The molecule has 0 radical (unpaired) electrons. The number of anilines is 1. The minimum Gasteiger partial charge on any atom is -0.475 e. The Morgan fingerprint density at radius 3 is 2.00 bits per heavy atom. The molecule has 1 amide bonds. The van der Waals surface area contributed by atoms with Gasteiger partial charge >= 0.3 is 12.1 Å². The van der Waals surface area contributed by atoms with Crippen LogP contribution in [-0.4, -0.2) is 37.6 Å². The van der Waals surface area contributed by atoms with Crippen molar-refractivity contribution in [3.63, 3.8) is 0 Å². The largest absolute Gasteiger partial charge is 0.490 e. The lowest BCUT2D eigenvalue weighted by Gasteiger charge is -2.20. The Morgan fingerprint density at radius 1 is 0.972 bits per heavy atom. The van der Waals surface area contributed by atoms with Crippen LogP contribution in [0.2, 0.25) is 0 Å². The van der Waals surface area contributed by atoms with Crippen molar-refractivity contribution >= 4 is 27.6 Å².